The molecular weight excluding hydrogens is 248 g/mol. The number of amides is 2. The van der Waals surface area contributed by atoms with Crippen LogP contribution >= 0.6 is 0 Å². The van der Waals surface area contributed by atoms with Gasteiger partial charge in [-0.2, -0.15) is 0 Å². The van der Waals surface area contributed by atoms with Crippen LogP contribution in [0.15, 0.2) is 60.7 Å². The molecule has 2 amide bonds. The number of anilines is 1. The lowest BCUT2D eigenvalue weighted by atomic mass is 10.1. The standard InChI is InChI=1S/C17H16N2O/c1-13-6-5-7-14(12-13)16-10-11-19(17(20)18-16)15-8-3-2-4-9-15/h2-10,12H,11H2,1H3,(H,18,20). The number of rotatable bonds is 2. The molecule has 0 fully saturated rings. The van der Waals surface area contributed by atoms with Crippen molar-refractivity contribution in [1.82, 2.24) is 5.32 Å². The van der Waals surface area contributed by atoms with Gasteiger partial charge in [-0.3, -0.25) is 4.90 Å². The van der Waals surface area contributed by atoms with Crippen LogP contribution in [-0.4, -0.2) is 12.6 Å². The predicted molar refractivity (Wildman–Crippen MR) is 81.5 cm³/mol. The molecule has 0 aliphatic carbocycles. The van der Waals surface area contributed by atoms with Gasteiger partial charge in [-0.15, -0.1) is 0 Å². The molecule has 0 aromatic heterocycles. The molecule has 0 radical (unpaired) electrons. The number of nitrogens with zero attached hydrogens (tertiary/aromatic N) is 1. The largest absolute Gasteiger partial charge is 0.326 e. The summed E-state index contributed by atoms with van der Waals surface area (Å²) in [5, 5.41) is 2.96. The van der Waals surface area contributed by atoms with Gasteiger partial charge in [-0.1, -0.05) is 42.0 Å². The molecule has 0 saturated carbocycles. The van der Waals surface area contributed by atoms with E-state index in [2.05, 4.69) is 11.4 Å². The maximum absolute atomic E-state index is 12.2. The van der Waals surface area contributed by atoms with Crippen LogP contribution in [0.3, 0.4) is 0 Å². The molecule has 3 heteroatoms. The van der Waals surface area contributed by atoms with Gasteiger partial charge in [-0.25, -0.2) is 4.79 Å². The summed E-state index contributed by atoms with van der Waals surface area (Å²) in [7, 11) is 0. The number of para-hydroxylation sites is 1. The van der Waals surface area contributed by atoms with Crippen LogP contribution in [0, 0.1) is 6.92 Å². The highest BCUT2D eigenvalue weighted by atomic mass is 16.2. The second kappa shape index (κ2) is 5.21. The van der Waals surface area contributed by atoms with Gasteiger partial charge in [0.2, 0.25) is 0 Å². The third-order valence-corrected chi connectivity index (χ3v) is 3.36. The summed E-state index contributed by atoms with van der Waals surface area (Å²) in [5.74, 6) is 0. The Bertz CT molecular complexity index is 662. The van der Waals surface area contributed by atoms with Crippen LogP contribution in [-0.2, 0) is 0 Å². The highest BCUT2D eigenvalue weighted by molar-refractivity contribution is 5.99. The Hall–Kier alpha value is -2.55. The molecule has 0 bridgehead atoms. The highest BCUT2D eigenvalue weighted by Gasteiger charge is 2.20. The predicted octanol–water partition coefficient (Wildman–Crippen LogP) is 3.57. The van der Waals surface area contributed by atoms with Crippen LogP contribution < -0.4 is 10.2 Å². The summed E-state index contributed by atoms with van der Waals surface area (Å²) in [6, 6.07) is 17.7. The van der Waals surface area contributed by atoms with Gasteiger partial charge in [-0.05, 0) is 36.8 Å². The summed E-state index contributed by atoms with van der Waals surface area (Å²) < 4.78 is 0. The lowest BCUT2D eigenvalue weighted by Gasteiger charge is -2.27. The number of hydrogen-bond acceptors (Lipinski definition) is 1. The minimum atomic E-state index is -0.0878. The van der Waals surface area contributed by atoms with Crippen molar-refractivity contribution < 1.29 is 4.79 Å². The number of aryl methyl sites for hydroxylation is 1. The Kier molecular flexibility index (Phi) is 3.25. The van der Waals surface area contributed by atoms with E-state index >= 15 is 0 Å². The Morgan fingerprint density at radius 3 is 2.55 bits per heavy atom. The first-order valence-electron chi connectivity index (χ1n) is 6.65. The first kappa shape index (κ1) is 12.5. The third kappa shape index (κ3) is 2.43. The van der Waals surface area contributed by atoms with Crippen molar-refractivity contribution in [2.75, 3.05) is 11.4 Å². The SMILES string of the molecule is Cc1cccc(C2=CCN(c3ccccc3)C(=O)N2)c1. The average Bonchev–Trinajstić information content (AvgIpc) is 2.48. The second-order valence-corrected chi connectivity index (χ2v) is 4.86. The van der Waals surface area contributed by atoms with Crippen LogP contribution in [0.5, 0.6) is 0 Å². The quantitative estimate of drug-likeness (QED) is 0.883. The van der Waals surface area contributed by atoms with Crippen LogP contribution in [0.4, 0.5) is 10.5 Å². The summed E-state index contributed by atoms with van der Waals surface area (Å²) in [5.41, 5.74) is 4.02. The lowest BCUT2D eigenvalue weighted by molar-refractivity contribution is 0.250. The van der Waals surface area contributed by atoms with E-state index in [1.54, 1.807) is 4.90 Å². The number of benzene rings is 2. The van der Waals surface area contributed by atoms with E-state index in [9.17, 15) is 4.79 Å². The molecule has 1 N–H and O–H groups in total. The Balaban J connectivity index is 1.86. The van der Waals surface area contributed by atoms with Gasteiger partial charge in [0.05, 0.1) is 0 Å². The Labute approximate surface area is 118 Å². The lowest BCUT2D eigenvalue weighted by Crippen LogP contribution is -2.43. The maximum atomic E-state index is 12.2. The molecule has 100 valence electrons. The van der Waals surface area contributed by atoms with Gasteiger partial charge in [0, 0.05) is 17.9 Å². The van der Waals surface area contributed by atoms with Crippen molar-refractivity contribution in [2.45, 2.75) is 6.92 Å². The van der Waals surface area contributed by atoms with E-state index in [1.165, 1.54) is 5.56 Å². The molecule has 1 aliphatic rings. The molecule has 20 heavy (non-hydrogen) atoms. The zero-order chi connectivity index (χ0) is 13.9. The molecule has 0 spiro atoms. The van der Waals surface area contributed by atoms with Gasteiger partial charge in [0.25, 0.3) is 0 Å². The van der Waals surface area contributed by atoms with E-state index < -0.39 is 0 Å². The van der Waals surface area contributed by atoms with E-state index in [0.29, 0.717) is 6.54 Å². The smallest absolute Gasteiger partial charge is 0.307 e. The zero-order valence-electron chi connectivity index (χ0n) is 11.3. The Morgan fingerprint density at radius 1 is 1.05 bits per heavy atom. The van der Waals surface area contributed by atoms with Gasteiger partial charge < -0.3 is 5.32 Å². The summed E-state index contributed by atoms with van der Waals surface area (Å²) in [6.45, 7) is 2.63. The van der Waals surface area contributed by atoms with E-state index in [-0.39, 0.29) is 6.03 Å². The molecule has 1 heterocycles. The fraction of sp³-hybridized carbons (Fsp3) is 0.118. The van der Waals surface area contributed by atoms with Crippen molar-refractivity contribution in [3.8, 4) is 0 Å². The van der Waals surface area contributed by atoms with Crippen LogP contribution in [0.25, 0.3) is 5.70 Å². The summed E-state index contributed by atoms with van der Waals surface area (Å²) >= 11 is 0. The third-order valence-electron chi connectivity index (χ3n) is 3.36. The second-order valence-electron chi connectivity index (χ2n) is 4.86. The molecule has 2 aromatic carbocycles. The fourth-order valence-corrected chi connectivity index (χ4v) is 2.33. The van der Waals surface area contributed by atoms with E-state index in [0.717, 1.165) is 16.9 Å². The average molecular weight is 264 g/mol. The van der Waals surface area contributed by atoms with Crippen LogP contribution in [0.1, 0.15) is 11.1 Å². The number of hydrogen-bond donors (Lipinski definition) is 1. The summed E-state index contributed by atoms with van der Waals surface area (Å²) in [4.78, 5) is 14.0. The topological polar surface area (TPSA) is 32.3 Å². The molecule has 0 unspecified atom stereocenters. The van der Waals surface area contributed by atoms with Crippen molar-refractivity contribution in [3.63, 3.8) is 0 Å². The summed E-state index contributed by atoms with van der Waals surface area (Å²) in [6.07, 6.45) is 2.04. The normalized spacial score (nSPS) is 14.8. The number of urea groups is 1. The van der Waals surface area contributed by atoms with Crippen molar-refractivity contribution >= 4 is 17.4 Å². The minimum absolute atomic E-state index is 0.0878. The number of nitrogens with one attached hydrogen (secondary N) is 1. The monoisotopic (exact) mass is 264 g/mol. The minimum Gasteiger partial charge on any atom is -0.307 e. The van der Waals surface area contributed by atoms with E-state index in [4.69, 9.17) is 0 Å². The van der Waals surface area contributed by atoms with Gasteiger partial charge >= 0.3 is 6.03 Å². The van der Waals surface area contributed by atoms with E-state index in [1.807, 2.05) is 61.5 Å². The van der Waals surface area contributed by atoms with Gasteiger partial charge in [0.15, 0.2) is 0 Å². The zero-order valence-corrected chi connectivity index (χ0v) is 11.3. The first-order valence-corrected chi connectivity index (χ1v) is 6.65. The highest BCUT2D eigenvalue weighted by Crippen LogP contribution is 2.21. The molecule has 3 rings (SSSR count). The Morgan fingerprint density at radius 2 is 1.85 bits per heavy atom. The van der Waals surface area contributed by atoms with Crippen molar-refractivity contribution in [3.05, 3.63) is 71.8 Å². The maximum Gasteiger partial charge on any atom is 0.326 e. The molecule has 0 atom stereocenters. The van der Waals surface area contributed by atoms with Crippen molar-refractivity contribution in [1.29, 1.82) is 0 Å². The molecule has 1 aliphatic heterocycles. The number of carbonyl (C=O) groups is 1. The first-order chi connectivity index (χ1) is 9.74. The number of carbonyl (C=O) groups excluding carboxylic acids is 1. The van der Waals surface area contributed by atoms with Gasteiger partial charge in [0.1, 0.15) is 0 Å². The molecule has 0 saturated heterocycles. The molecule has 2 aromatic rings. The van der Waals surface area contributed by atoms with Crippen LogP contribution in [0.2, 0.25) is 0 Å². The van der Waals surface area contributed by atoms with Crippen molar-refractivity contribution in [2.24, 2.45) is 0 Å². The molecular formula is C17H16N2O. The fourth-order valence-electron chi connectivity index (χ4n) is 2.33. The molecule has 3 nitrogen and oxygen atoms in total.